The van der Waals surface area contributed by atoms with Crippen molar-refractivity contribution < 1.29 is 19.5 Å². The second kappa shape index (κ2) is 8.00. The standard InChI is InChI=1S/C15H28N2O4/c1-7-9(2)12(14(20)21)17-13(19)10(3)16-11(18)8-15(4,5)6/h9-10,12H,7-8H2,1-6H3,(H,16,18)(H,17,19)(H,20,21)/t9-,10?,12-/m0/s1. The summed E-state index contributed by atoms with van der Waals surface area (Å²) in [5.41, 5.74) is -0.166. The lowest BCUT2D eigenvalue weighted by molar-refractivity contribution is -0.143. The first-order valence-electron chi connectivity index (χ1n) is 7.30. The summed E-state index contributed by atoms with van der Waals surface area (Å²) in [5.74, 6) is -1.94. The fourth-order valence-corrected chi connectivity index (χ4v) is 1.80. The number of rotatable bonds is 7. The molecule has 0 aliphatic heterocycles. The molecule has 0 saturated heterocycles. The summed E-state index contributed by atoms with van der Waals surface area (Å²) < 4.78 is 0. The van der Waals surface area contributed by atoms with Gasteiger partial charge in [0.15, 0.2) is 0 Å². The Morgan fingerprint density at radius 1 is 1.10 bits per heavy atom. The van der Waals surface area contributed by atoms with Crippen molar-refractivity contribution in [2.45, 2.75) is 66.5 Å². The SMILES string of the molecule is CC[C@H](C)[C@H](NC(=O)C(C)NC(=O)CC(C)(C)C)C(=O)O. The van der Waals surface area contributed by atoms with Crippen molar-refractivity contribution in [2.24, 2.45) is 11.3 Å². The largest absolute Gasteiger partial charge is 0.480 e. The predicted molar refractivity (Wildman–Crippen MR) is 80.7 cm³/mol. The van der Waals surface area contributed by atoms with Gasteiger partial charge in [0.2, 0.25) is 11.8 Å². The van der Waals surface area contributed by atoms with Crippen molar-refractivity contribution in [1.82, 2.24) is 10.6 Å². The molecular formula is C15H28N2O4. The molecule has 3 N–H and O–H groups in total. The van der Waals surface area contributed by atoms with Crippen LogP contribution in [0.2, 0.25) is 0 Å². The Kier molecular flexibility index (Phi) is 7.39. The van der Waals surface area contributed by atoms with Crippen LogP contribution >= 0.6 is 0 Å². The normalized spacial score (nSPS) is 15.7. The number of hydrogen-bond donors (Lipinski definition) is 3. The van der Waals surface area contributed by atoms with Crippen LogP contribution in [-0.2, 0) is 14.4 Å². The Balaban J connectivity index is 4.57. The minimum atomic E-state index is -1.06. The van der Waals surface area contributed by atoms with E-state index in [0.717, 1.165) is 0 Å². The van der Waals surface area contributed by atoms with E-state index in [1.165, 1.54) is 0 Å². The van der Waals surface area contributed by atoms with Crippen molar-refractivity contribution in [3.63, 3.8) is 0 Å². The predicted octanol–water partition coefficient (Wildman–Crippen LogP) is 1.54. The van der Waals surface area contributed by atoms with E-state index in [1.807, 2.05) is 27.7 Å². The van der Waals surface area contributed by atoms with Gasteiger partial charge >= 0.3 is 5.97 Å². The molecule has 0 rings (SSSR count). The van der Waals surface area contributed by atoms with E-state index in [2.05, 4.69) is 10.6 Å². The van der Waals surface area contributed by atoms with Crippen LogP contribution in [0, 0.1) is 11.3 Å². The zero-order valence-corrected chi connectivity index (χ0v) is 13.8. The quantitative estimate of drug-likeness (QED) is 0.664. The Labute approximate surface area is 126 Å². The average molecular weight is 300 g/mol. The van der Waals surface area contributed by atoms with Gasteiger partial charge in [-0.1, -0.05) is 41.0 Å². The Bertz CT molecular complexity index is 388. The molecule has 0 aromatic rings. The molecule has 1 unspecified atom stereocenters. The lowest BCUT2D eigenvalue weighted by Crippen LogP contribution is -2.52. The lowest BCUT2D eigenvalue weighted by atomic mass is 9.92. The monoisotopic (exact) mass is 300 g/mol. The smallest absolute Gasteiger partial charge is 0.326 e. The molecule has 3 atom stereocenters. The molecule has 0 aromatic carbocycles. The third kappa shape index (κ3) is 7.68. The molecule has 122 valence electrons. The van der Waals surface area contributed by atoms with Gasteiger partial charge in [0.25, 0.3) is 0 Å². The van der Waals surface area contributed by atoms with E-state index >= 15 is 0 Å². The molecule has 0 aromatic heterocycles. The van der Waals surface area contributed by atoms with Crippen LogP contribution in [0.3, 0.4) is 0 Å². The minimum Gasteiger partial charge on any atom is -0.480 e. The summed E-state index contributed by atoms with van der Waals surface area (Å²) in [6.45, 7) is 11.0. The number of carbonyl (C=O) groups is 3. The summed E-state index contributed by atoms with van der Waals surface area (Å²) in [7, 11) is 0. The average Bonchev–Trinajstić information content (AvgIpc) is 2.31. The maximum Gasteiger partial charge on any atom is 0.326 e. The highest BCUT2D eigenvalue weighted by Gasteiger charge is 2.28. The van der Waals surface area contributed by atoms with Crippen LogP contribution in [0.4, 0.5) is 0 Å². The summed E-state index contributed by atoms with van der Waals surface area (Å²) in [4.78, 5) is 34.9. The van der Waals surface area contributed by atoms with Crippen LogP contribution < -0.4 is 10.6 Å². The summed E-state index contributed by atoms with van der Waals surface area (Å²) >= 11 is 0. The molecule has 0 saturated carbocycles. The zero-order chi connectivity index (χ0) is 16.8. The van der Waals surface area contributed by atoms with Crippen molar-refractivity contribution in [3.05, 3.63) is 0 Å². The van der Waals surface area contributed by atoms with Gasteiger partial charge in [-0.05, 0) is 18.3 Å². The van der Waals surface area contributed by atoms with Crippen LogP contribution in [0.1, 0.15) is 54.4 Å². The number of hydrogen-bond acceptors (Lipinski definition) is 3. The highest BCUT2D eigenvalue weighted by molar-refractivity contribution is 5.90. The number of nitrogens with one attached hydrogen (secondary N) is 2. The van der Waals surface area contributed by atoms with Crippen LogP contribution in [-0.4, -0.2) is 35.0 Å². The molecule has 0 spiro atoms. The Hall–Kier alpha value is -1.59. The van der Waals surface area contributed by atoms with Gasteiger partial charge in [0.1, 0.15) is 12.1 Å². The molecule has 6 heteroatoms. The van der Waals surface area contributed by atoms with Gasteiger partial charge in [-0.2, -0.15) is 0 Å². The summed E-state index contributed by atoms with van der Waals surface area (Å²) in [5, 5.41) is 14.2. The van der Waals surface area contributed by atoms with Gasteiger partial charge in [-0.25, -0.2) is 4.79 Å². The fraction of sp³-hybridized carbons (Fsp3) is 0.800. The van der Waals surface area contributed by atoms with Crippen LogP contribution in [0.15, 0.2) is 0 Å². The topological polar surface area (TPSA) is 95.5 Å². The Morgan fingerprint density at radius 2 is 1.62 bits per heavy atom. The van der Waals surface area contributed by atoms with Crippen LogP contribution in [0.5, 0.6) is 0 Å². The van der Waals surface area contributed by atoms with E-state index < -0.39 is 24.0 Å². The lowest BCUT2D eigenvalue weighted by Gasteiger charge is -2.23. The van der Waals surface area contributed by atoms with Gasteiger partial charge < -0.3 is 15.7 Å². The molecule has 0 bridgehead atoms. The van der Waals surface area contributed by atoms with Crippen molar-refractivity contribution >= 4 is 17.8 Å². The maximum absolute atomic E-state index is 12.0. The third-order valence-corrected chi connectivity index (χ3v) is 3.24. The highest BCUT2D eigenvalue weighted by atomic mass is 16.4. The number of carbonyl (C=O) groups excluding carboxylic acids is 2. The second-order valence-electron chi connectivity index (χ2n) is 6.74. The molecular weight excluding hydrogens is 272 g/mol. The number of carboxylic acid groups (broad SMARTS) is 1. The number of carboxylic acids is 1. The molecule has 0 radical (unpaired) electrons. The highest BCUT2D eigenvalue weighted by Crippen LogP contribution is 2.17. The molecule has 21 heavy (non-hydrogen) atoms. The van der Waals surface area contributed by atoms with E-state index in [-0.39, 0.29) is 17.2 Å². The van der Waals surface area contributed by atoms with E-state index in [0.29, 0.717) is 12.8 Å². The number of aliphatic carboxylic acids is 1. The first-order valence-corrected chi connectivity index (χ1v) is 7.30. The van der Waals surface area contributed by atoms with Crippen molar-refractivity contribution in [2.75, 3.05) is 0 Å². The van der Waals surface area contributed by atoms with E-state index in [9.17, 15) is 14.4 Å². The van der Waals surface area contributed by atoms with Crippen LogP contribution in [0.25, 0.3) is 0 Å². The molecule has 0 fully saturated rings. The summed E-state index contributed by atoms with van der Waals surface area (Å²) in [6.07, 6.45) is 0.945. The molecule has 0 heterocycles. The minimum absolute atomic E-state index is 0.166. The van der Waals surface area contributed by atoms with Gasteiger partial charge in [-0.15, -0.1) is 0 Å². The summed E-state index contributed by atoms with van der Waals surface area (Å²) in [6, 6.07) is -1.70. The van der Waals surface area contributed by atoms with Gasteiger partial charge in [0, 0.05) is 6.42 Å². The molecule has 6 nitrogen and oxygen atoms in total. The first kappa shape index (κ1) is 19.4. The fourth-order valence-electron chi connectivity index (χ4n) is 1.80. The maximum atomic E-state index is 12.0. The van der Waals surface area contributed by atoms with Crippen molar-refractivity contribution in [3.8, 4) is 0 Å². The molecule has 0 aliphatic carbocycles. The van der Waals surface area contributed by atoms with Crippen molar-refractivity contribution in [1.29, 1.82) is 0 Å². The third-order valence-electron chi connectivity index (χ3n) is 3.24. The van der Waals surface area contributed by atoms with E-state index in [4.69, 9.17) is 5.11 Å². The number of amides is 2. The van der Waals surface area contributed by atoms with Gasteiger partial charge in [-0.3, -0.25) is 9.59 Å². The van der Waals surface area contributed by atoms with Gasteiger partial charge in [0.05, 0.1) is 0 Å². The zero-order valence-electron chi connectivity index (χ0n) is 13.8. The molecule has 2 amide bonds. The second-order valence-corrected chi connectivity index (χ2v) is 6.74. The molecule has 0 aliphatic rings. The Morgan fingerprint density at radius 3 is 2.00 bits per heavy atom. The first-order chi connectivity index (χ1) is 9.47. The van der Waals surface area contributed by atoms with E-state index in [1.54, 1.807) is 13.8 Å².